The van der Waals surface area contributed by atoms with Gasteiger partial charge in [-0.3, -0.25) is 4.90 Å². The summed E-state index contributed by atoms with van der Waals surface area (Å²) in [6, 6.07) is 9.40. The van der Waals surface area contributed by atoms with Crippen LogP contribution in [0.3, 0.4) is 0 Å². The number of hydrogen-bond donors (Lipinski definition) is 1. The van der Waals surface area contributed by atoms with Gasteiger partial charge in [0.25, 0.3) is 0 Å². The molecule has 0 bridgehead atoms. The van der Waals surface area contributed by atoms with Crippen molar-refractivity contribution in [3.8, 4) is 6.07 Å². The molecule has 0 atom stereocenters. The molecule has 4 nitrogen and oxygen atoms in total. The summed E-state index contributed by atoms with van der Waals surface area (Å²) in [5.74, 6) is -0.894. The smallest absolute Gasteiger partial charge is 0.335 e. The molecular formula is C15H18N2O2. The molecule has 0 saturated carbocycles. The van der Waals surface area contributed by atoms with Crippen molar-refractivity contribution >= 4 is 5.97 Å². The predicted octanol–water partition coefficient (Wildman–Crippen LogP) is 2.51. The summed E-state index contributed by atoms with van der Waals surface area (Å²) in [5, 5.41) is 17.9. The Bertz CT molecular complexity index is 494. The minimum Gasteiger partial charge on any atom is -0.478 e. The standard InChI is InChI=1S/C15H18N2O2/c1-15(11-16)6-8-17(9-7-15)10-12-2-4-13(5-3-12)14(18)19/h2-5H,6-10H2,1H3,(H,18,19). The van der Waals surface area contributed by atoms with Gasteiger partial charge in [0.1, 0.15) is 0 Å². The molecule has 19 heavy (non-hydrogen) atoms. The topological polar surface area (TPSA) is 64.3 Å². The number of carboxylic acid groups (broad SMARTS) is 1. The second kappa shape index (κ2) is 5.41. The highest BCUT2D eigenvalue weighted by molar-refractivity contribution is 5.87. The molecule has 100 valence electrons. The van der Waals surface area contributed by atoms with Gasteiger partial charge in [-0.1, -0.05) is 12.1 Å². The van der Waals surface area contributed by atoms with Crippen LogP contribution < -0.4 is 0 Å². The summed E-state index contributed by atoms with van der Waals surface area (Å²) in [6.07, 6.45) is 1.80. The number of carboxylic acids is 1. The summed E-state index contributed by atoms with van der Waals surface area (Å²) in [5.41, 5.74) is 1.26. The van der Waals surface area contributed by atoms with Crippen molar-refractivity contribution in [2.24, 2.45) is 5.41 Å². The van der Waals surface area contributed by atoms with E-state index < -0.39 is 5.97 Å². The second-order valence-corrected chi connectivity index (χ2v) is 5.45. The third-order valence-corrected chi connectivity index (χ3v) is 3.84. The Labute approximate surface area is 113 Å². The highest BCUT2D eigenvalue weighted by atomic mass is 16.4. The predicted molar refractivity (Wildman–Crippen MR) is 71.6 cm³/mol. The van der Waals surface area contributed by atoms with Crippen LogP contribution in [0.15, 0.2) is 24.3 Å². The number of likely N-dealkylation sites (tertiary alicyclic amines) is 1. The largest absolute Gasteiger partial charge is 0.478 e. The lowest BCUT2D eigenvalue weighted by atomic mass is 9.82. The lowest BCUT2D eigenvalue weighted by Gasteiger charge is -2.34. The van der Waals surface area contributed by atoms with Gasteiger partial charge in [0.2, 0.25) is 0 Å². The quantitative estimate of drug-likeness (QED) is 0.904. The molecule has 0 spiro atoms. The molecule has 0 radical (unpaired) electrons. The van der Waals surface area contributed by atoms with E-state index in [0.29, 0.717) is 5.56 Å². The van der Waals surface area contributed by atoms with Gasteiger partial charge in [-0.15, -0.1) is 0 Å². The molecule has 0 amide bonds. The zero-order valence-electron chi connectivity index (χ0n) is 11.1. The molecule has 1 N–H and O–H groups in total. The van der Waals surface area contributed by atoms with Crippen LogP contribution in [-0.4, -0.2) is 29.1 Å². The third-order valence-electron chi connectivity index (χ3n) is 3.84. The minimum atomic E-state index is -0.894. The number of aromatic carboxylic acids is 1. The summed E-state index contributed by atoms with van der Waals surface area (Å²) < 4.78 is 0. The van der Waals surface area contributed by atoms with Crippen LogP contribution in [0.25, 0.3) is 0 Å². The first-order chi connectivity index (χ1) is 9.02. The summed E-state index contributed by atoms with van der Waals surface area (Å²) in [7, 11) is 0. The summed E-state index contributed by atoms with van der Waals surface area (Å²) in [6.45, 7) is 4.68. The molecule has 1 aliphatic rings. The average Bonchev–Trinajstić information content (AvgIpc) is 2.42. The van der Waals surface area contributed by atoms with Crippen molar-refractivity contribution in [1.82, 2.24) is 4.90 Å². The van der Waals surface area contributed by atoms with Crippen LogP contribution >= 0.6 is 0 Å². The number of benzene rings is 1. The van der Waals surface area contributed by atoms with Crippen LogP contribution in [0.2, 0.25) is 0 Å². The van der Waals surface area contributed by atoms with E-state index in [1.54, 1.807) is 12.1 Å². The van der Waals surface area contributed by atoms with E-state index in [9.17, 15) is 4.79 Å². The normalized spacial score (nSPS) is 18.7. The van der Waals surface area contributed by atoms with E-state index in [1.807, 2.05) is 19.1 Å². The highest BCUT2D eigenvalue weighted by Gasteiger charge is 2.29. The lowest BCUT2D eigenvalue weighted by Crippen LogP contribution is -2.37. The first kappa shape index (κ1) is 13.6. The van der Waals surface area contributed by atoms with Gasteiger partial charge in [0, 0.05) is 6.54 Å². The molecule has 1 fully saturated rings. The van der Waals surface area contributed by atoms with E-state index in [1.165, 1.54) is 0 Å². The van der Waals surface area contributed by atoms with Crippen molar-refractivity contribution < 1.29 is 9.90 Å². The Morgan fingerprint density at radius 1 is 1.37 bits per heavy atom. The van der Waals surface area contributed by atoms with Crippen molar-refractivity contribution in [2.45, 2.75) is 26.3 Å². The van der Waals surface area contributed by atoms with E-state index in [4.69, 9.17) is 10.4 Å². The minimum absolute atomic E-state index is 0.177. The number of piperidine rings is 1. The lowest BCUT2D eigenvalue weighted by molar-refractivity contribution is 0.0697. The van der Waals surface area contributed by atoms with E-state index >= 15 is 0 Å². The van der Waals surface area contributed by atoms with Gasteiger partial charge in [-0.05, 0) is 50.6 Å². The Morgan fingerprint density at radius 3 is 2.42 bits per heavy atom. The first-order valence-corrected chi connectivity index (χ1v) is 6.48. The fourth-order valence-corrected chi connectivity index (χ4v) is 2.33. The number of hydrogen-bond acceptors (Lipinski definition) is 3. The van der Waals surface area contributed by atoms with E-state index in [0.717, 1.165) is 38.0 Å². The van der Waals surface area contributed by atoms with Gasteiger partial charge in [0.05, 0.1) is 17.0 Å². The van der Waals surface area contributed by atoms with E-state index in [2.05, 4.69) is 11.0 Å². The number of rotatable bonds is 3. The maximum atomic E-state index is 10.8. The highest BCUT2D eigenvalue weighted by Crippen LogP contribution is 2.30. The maximum Gasteiger partial charge on any atom is 0.335 e. The van der Waals surface area contributed by atoms with E-state index in [-0.39, 0.29) is 5.41 Å². The second-order valence-electron chi connectivity index (χ2n) is 5.45. The van der Waals surface area contributed by atoms with Gasteiger partial charge < -0.3 is 5.11 Å². The Balaban J connectivity index is 1.93. The Hall–Kier alpha value is -1.86. The fourth-order valence-electron chi connectivity index (χ4n) is 2.33. The zero-order valence-corrected chi connectivity index (χ0v) is 11.1. The van der Waals surface area contributed by atoms with Crippen LogP contribution in [0.4, 0.5) is 0 Å². The molecular weight excluding hydrogens is 240 g/mol. The maximum absolute atomic E-state index is 10.8. The molecule has 1 heterocycles. The molecule has 2 rings (SSSR count). The molecule has 4 heteroatoms. The molecule has 1 aliphatic heterocycles. The molecule has 1 aromatic carbocycles. The van der Waals surface area contributed by atoms with Crippen LogP contribution in [-0.2, 0) is 6.54 Å². The molecule has 0 aliphatic carbocycles. The van der Waals surface area contributed by atoms with Crippen molar-refractivity contribution in [1.29, 1.82) is 5.26 Å². The third kappa shape index (κ3) is 3.33. The number of carbonyl (C=O) groups is 1. The van der Waals surface area contributed by atoms with Gasteiger partial charge >= 0.3 is 5.97 Å². The van der Waals surface area contributed by atoms with Crippen LogP contribution in [0, 0.1) is 16.7 Å². The summed E-state index contributed by atoms with van der Waals surface area (Å²) in [4.78, 5) is 13.1. The first-order valence-electron chi connectivity index (χ1n) is 6.48. The monoisotopic (exact) mass is 258 g/mol. The van der Waals surface area contributed by atoms with Crippen molar-refractivity contribution in [2.75, 3.05) is 13.1 Å². The zero-order chi connectivity index (χ0) is 13.9. The van der Waals surface area contributed by atoms with Gasteiger partial charge in [0.15, 0.2) is 0 Å². The molecule has 0 unspecified atom stereocenters. The average molecular weight is 258 g/mol. The van der Waals surface area contributed by atoms with Crippen molar-refractivity contribution in [3.63, 3.8) is 0 Å². The van der Waals surface area contributed by atoms with Crippen LogP contribution in [0.5, 0.6) is 0 Å². The van der Waals surface area contributed by atoms with Gasteiger partial charge in [-0.2, -0.15) is 5.26 Å². The number of nitrogens with zero attached hydrogens (tertiary/aromatic N) is 2. The SMILES string of the molecule is CC1(C#N)CCN(Cc2ccc(C(=O)O)cc2)CC1. The molecule has 1 aromatic rings. The number of nitriles is 1. The van der Waals surface area contributed by atoms with Gasteiger partial charge in [-0.25, -0.2) is 4.79 Å². The van der Waals surface area contributed by atoms with Crippen molar-refractivity contribution in [3.05, 3.63) is 35.4 Å². The molecule has 0 aromatic heterocycles. The fraction of sp³-hybridized carbons (Fsp3) is 0.467. The Kier molecular flexibility index (Phi) is 3.87. The summed E-state index contributed by atoms with van der Waals surface area (Å²) >= 11 is 0. The molecule has 1 saturated heterocycles. The Morgan fingerprint density at radius 2 is 1.95 bits per heavy atom. The van der Waals surface area contributed by atoms with Crippen LogP contribution in [0.1, 0.15) is 35.7 Å².